The molecular formula is C29H30F2N6O4. The molecule has 1 aliphatic carbocycles. The third-order valence-electron chi connectivity index (χ3n) is 6.94. The van der Waals surface area contributed by atoms with Crippen molar-refractivity contribution in [1.82, 2.24) is 14.7 Å². The highest BCUT2D eigenvalue weighted by Gasteiger charge is 2.47. The molecule has 0 unspecified atom stereocenters. The highest BCUT2D eigenvalue weighted by Crippen LogP contribution is 2.49. The molecule has 3 aromatic rings. The van der Waals surface area contributed by atoms with E-state index < -0.39 is 23.7 Å². The molecule has 3 amide bonds. The van der Waals surface area contributed by atoms with Crippen LogP contribution in [0.1, 0.15) is 51.7 Å². The Labute approximate surface area is 236 Å². The molecule has 1 saturated carbocycles. The lowest BCUT2D eigenvalue weighted by molar-refractivity contribution is -0.126. The van der Waals surface area contributed by atoms with Crippen LogP contribution in [0, 0.1) is 17.2 Å². The Morgan fingerprint density at radius 1 is 1.15 bits per heavy atom. The summed E-state index contributed by atoms with van der Waals surface area (Å²) >= 11 is 0. The molecule has 12 heteroatoms. The number of methoxy groups -OCH3 is 1. The number of fused-ring (bicyclic) bond motifs is 1. The van der Waals surface area contributed by atoms with Crippen molar-refractivity contribution >= 4 is 29.1 Å². The first-order valence-corrected chi connectivity index (χ1v) is 12.9. The van der Waals surface area contributed by atoms with Crippen LogP contribution in [0.4, 0.5) is 20.2 Å². The van der Waals surface area contributed by atoms with Crippen LogP contribution in [-0.4, -0.2) is 60.2 Å². The Morgan fingerprint density at radius 3 is 2.37 bits per heavy atom. The van der Waals surface area contributed by atoms with Crippen LogP contribution in [0.2, 0.25) is 0 Å². The second-order valence-corrected chi connectivity index (χ2v) is 9.93. The molecule has 0 spiro atoms. The average Bonchev–Trinajstić information content (AvgIpc) is 3.75. The lowest BCUT2D eigenvalue weighted by Gasteiger charge is -2.28. The Hall–Kier alpha value is -4.79. The van der Waals surface area contributed by atoms with Gasteiger partial charge in [-0.1, -0.05) is 12.1 Å². The Balaban J connectivity index is 0.000000585. The van der Waals surface area contributed by atoms with Gasteiger partial charge >= 0.3 is 0 Å². The zero-order valence-electron chi connectivity index (χ0n) is 23.1. The summed E-state index contributed by atoms with van der Waals surface area (Å²) in [5.41, 5.74) is 1.26. The van der Waals surface area contributed by atoms with Crippen LogP contribution >= 0.6 is 0 Å². The first-order chi connectivity index (χ1) is 19.5. The standard InChI is InChI=1S/C25H21F2N5O3.C4H9NO/c1-35-21-9-2-15(12-16(21)13-28)23(33)30-20-14-29-32-11-10-31(24(34)22(20)32)19-7-5-18(6-8-19)25(26,27)17-3-4-17;1-4(6)5(2)3/h2,5-9,12,14,17H,3-4,10-11H2,1H3,(H,30,33);1-3H3. The van der Waals surface area contributed by atoms with Gasteiger partial charge in [0.25, 0.3) is 17.7 Å². The van der Waals surface area contributed by atoms with Gasteiger partial charge in [-0.15, -0.1) is 0 Å². The number of benzene rings is 2. The van der Waals surface area contributed by atoms with Crippen LogP contribution in [0.3, 0.4) is 0 Å². The molecule has 2 heterocycles. The number of nitrogens with one attached hydrogen (secondary N) is 1. The van der Waals surface area contributed by atoms with Crippen molar-refractivity contribution in [3.63, 3.8) is 0 Å². The SMILES string of the molecule is CC(=O)N(C)C.COc1ccc(C(=O)Nc2cnn3c2C(=O)N(c2ccc(C(F)(F)C4CC4)cc2)CC3)cc1C#N. The van der Waals surface area contributed by atoms with Crippen molar-refractivity contribution in [1.29, 1.82) is 5.26 Å². The molecule has 2 aliphatic rings. The van der Waals surface area contributed by atoms with Gasteiger partial charge < -0.3 is 19.9 Å². The molecule has 0 bridgehead atoms. The summed E-state index contributed by atoms with van der Waals surface area (Å²) in [5, 5.41) is 16.2. The van der Waals surface area contributed by atoms with Gasteiger partial charge in [0.05, 0.1) is 31.1 Å². The molecule has 0 radical (unpaired) electrons. The molecule has 0 atom stereocenters. The van der Waals surface area contributed by atoms with E-state index >= 15 is 0 Å². The van der Waals surface area contributed by atoms with E-state index in [0.29, 0.717) is 37.4 Å². The predicted octanol–water partition coefficient (Wildman–Crippen LogP) is 4.27. The van der Waals surface area contributed by atoms with Gasteiger partial charge in [0.15, 0.2) is 0 Å². The van der Waals surface area contributed by atoms with Crippen LogP contribution in [0.25, 0.3) is 0 Å². The summed E-state index contributed by atoms with van der Waals surface area (Å²) in [6, 6.07) is 12.2. The normalized spacial score (nSPS) is 14.3. The molecule has 1 fully saturated rings. The van der Waals surface area contributed by atoms with Gasteiger partial charge in [-0.3, -0.25) is 19.1 Å². The number of alkyl halides is 2. The summed E-state index contributed by atoms with van der Waals surface area (Å²) < 4.78 is 35.4. The first kappa shape index (κ1) is 29.2. The first-order valence-electron chi connectivity index (χ1n) is 12.9. The van der Waals surface area contributed by atoms with Gasteiger partial charge in [-0.05, 0) is 43.2 Å². The van der Waals surface area contributed by atoms with E-state index in [1.54, 1.807) is 14.1 Å². The Bertz CT molecular complexity index is 1510. The predicted molar refractivity (Wildman–Crippen MR) is 147 cm³/mol. The number of nitriles is 1. The number of aromatic nitrogens is 2. The number of halogens is 2. The van der Waals surface area contributed by atoms with E-state index in [2.05, 4.69) is 10.4 Å². The van der Waals surface area contributed by atoms with E-state index in [1.165, 1.54) is 77.2 Å². The van der Waals surface area contributed by atoms with Gasteiger partial charge in [0.1, 0.15) is 17.5 Å². The molecule has 214 valence electrons. The number of hydrogen-bond donors (Lipinski definition) is 1. The van der Waals surface area contributed by atoms with Crippen molar-refractivity contribution in [3.05, 3.63) is 71.0 Å². The minimum Gasteiger partial charge on any atom is -0.495 e. The van der Waals surface area contributed by atoms with Crippen molar-refractivity contribution in [2.24, 2.45) is 5.92 Å². The van der Waals surface area contributed by atoms with Gasteiger partial charge in [0.2, 0.25) is 5.91 Å². The number of hydrogen-bond acceptors (Lipinski definition) is 6. The van der Waals surface area contributed by atoms with E-state index in [-0.39, 0.29) is 34.0 Å². The quantitative estimate of drug-likeness (QED) is 0.477. The second kappa shape index (κ2) is 11.8. The van der Waals surface area contributed by atoms with E-state index in [4.69, 9.17) is 4.74 Å². The van der Waals surface area contributed by atoms with Crippen molar-refractivity contribution in [2.75, 3.05) is 38.0 Å². The molecule has 1 aliphatic heterocycles. The number of nitrogens with zero attached hydrogens (tertiary/aromatic N) is 5. The Morgan fingerprint density at radius 2 is 1.80 bits per heavy atom. The maximum atomic E-state index is 14.4. The summed E-state index contributed by atoms with van der Waals surface area (Å²) in [6.07, 6.45) is 2.43. The largest absolute Gasteiger partial charge is 0.495 e. The number of carbonyl (C=O) groups is 3. The average molecular weight is 565 g/mol. The number of amides is 3. The Kier molecular flexibility index (Phi) is 8.37. The number of anilines is 2. The van der Waals surface area contributed by atoms with Gasteiger partial charge in [0, 0.05) is 50.3 Å². The van der Waals surface area contributed by atoms with Crippen LogP contribution < -0.4 is 15.0 Å². The summed E-state index contributed by atoms with van der Waals surface area (Å²) in [7, 11) is 4.88. The number of carbonyl (C=O) groups excluding carboxylic acids is 3. The third kappa shape index (κ3) is 6.19. The lowest BCUT2D eigenvalue weighted by Crippen LogP contribution is -2.41. The second-order valence-electron chi connectivity index (χ2n) is 9.93. The fourth-order valence-electron chi connectivity index (χ4n) is 4.22. The minimum atomic E-state index is -2.87. The molecule has 2 aromatic carbocycles. The van der Waals surface area contributed by atoms with Crippen LogP contribution in [0.15, 0.2) is 48.7 Å². The van der Waals surface area contributed by atoms with Crippen LogP contribution in [-0.2, 0) is 17.3 Å². The zero-order valence-corrected chi connectivity index (χ0v) is 23.1. The topological polar surface area (TPSA) is 121 Å². The fourth-order valence-corrected chi connectivity index (χ4v) is 4.22. The van der Waals surface area contributed by atoms with Crippen LogP contribution in [0.5, 0.6) is 5.75 Å². The van der Waals surface area contributed by atoms with Crippen molar-refractivity contribution in [3.8, 4) is 11.8 Å². The highest BCUT2D eigenvalue weighted by molar-refractivity contribution is 6.13. The molecule has 1 aromatic heterocycles. The molecular weight excluding hydrogens is 534 g/mol. The molecule has 5 rings (SSSR count). The lowest BCUT2D eigenvalue weighted by atomic mass is 10.0. The van der Waals surface area contributed by atoms with E-state index in [0.717, 1.165) is 0 Å². The maximum absolute atomic E-state index is 14.4. The van der Waals surface area contributed by atoms with Crippen molar-refractivity contribution in [2.45, 2.75) is 32.2 Å². The van der Waals surface area contributed by atoms with Crippen molar-refractivity contribution < 1.29 is 27.9 Å². The van der Waals surface area contributed by atoms with E-state index in [1.807, 2.05) is 6.07 Å². The molecule has 1 N–H and O–H groups in total. The highest BCUT2D eigenvalue weighted by atomic mass is 19.3. The van der Waals surface area contributed by atoms with Gasteiger partial charge in [-0.25, -0.2) is 8.78 Å². The van der Waals surface area contributed by atoms with Gasteiger partial charge in [-0.2, -0.15) is 10.4 Å². The zero-order chi connectivity index (χ0) is 29.9. The molecule has 10 nitrogen and oxygen atoms in total. The fraction of sp³-hybridized carbons (Fsp3) is 0.345. The minimum absolute atomic E-state index is 0.0533. The smallest absolute Gasteiger partial charge is 0.278 e. The third-order valence-corrected chi connectivity index (χ3v) is 6.94. The summed E-state index contributed by atoms with van der Waals surface area (Å²) in [4.78, 5) is 39.2. The summed E-state index contributed by atoms with van der Waals surface area (Å²) in [6.45, 7) is 2.21. The number of rotatable bonds is 6. The summed E-state index contributed by atoms with van der Waals surface area (Å²) in [5.74, 6) is -3.96. The van der Waals surface area contributed by atoms with E-state index in [9.17, 15) is 28.4 Å². The molecule has 0 saturated heterocycles. The number of ether oxygens (including phenoxy) is 1. The molecule has 41 heavy (non-hydrogen) atoms. The monoisotopic (exact) mass is 564 g/mol. The maximum Gasteiger partial charge on any atom is 0.278 e.